The van der Waals surface area contributed by atoms with E-state index in [0.29, 0.717) is 40.1 Å². The van der Waals surface area contributed by atoms with Crippen LogP contribution in [-0.2, 0) is 17.8 Å². The summed E-state index contributed by atoms with van der Waals surface area (Å²) in [6.07, 6.45) is 4.25. The molecule has 0 aliphatic carbocycles. The first-order valence-electron chi connectivity index (χ1n) is 10.6. The predicted octanol–water partition coefficient (Wildman–Crippen LogP) is 4.91. The molecular weight excluding hydrogens is 433 g/mol. The number of benzene rings is 2. The molecule has 168 valence electrons. The molecule has 0 fully saturated rings. The lowest BCUT2D eigenvalue weighted by molar-refractivity contribution is -0.115. The fourth-order valence-corrected chi connectivity index (χ4v) is 3.98. The van der Waals surface area contributed by atoms with Crippen molar-refractivity contribution in [2.75, 3.05) is 24.3 Å². The highest BCUT2D eigenvalue weighted by molar-refractivity contribution is 6.30. The molecule has 9 heteroatoms. The molecule has 1 aromatic heterocycles. The van der Waals surface area contributed by atoms with E-state index in [9.17, 15) is 9.18 Å². The van der Waals surface area contributed by atoms with Crippen LogP contribution in [-0.4, -0.2) is 34.3 Å². The molecule has 0 atom stereocenters. The number of fused-ring (bicyclic) bond motifs is 1. The first-order valence-corrected chi connectivity index (χ1v) is 11.0. The van der Waals surface area contributed by atoms with Crippen LogP contribution >= 0.6 is 11.6 Å². The van der Waals surface area contributed by atoms with Gasteiger partial charge in [-0.05, 0) is 49.2 Å². The Kier molecular flexibility index (Phi) is 6.90. The van der Waals surface area contributed by atoms with E-state index in [1.165, 1.54) is 6.07 Å². The van der Waals surface area contributed by atoms with Gasteiger partial charge in [0.05, 0.1) is 18.4 Å². The van der Waals surface area contributed by atoms with Gasteiger partial charge < -0.3 is 19.9 Å². The van der Waals surface area contributed by atoms with E-state index in [1.54, 1.807) is 37.4 Å². The molecule has 1 aliphatic rings. The molecule has 2 N–H and O–H groups in total. The van der Waals surface area contributed by atoms with Crippen molar-refractivity contribution >= 4 is 28.9 Å². The minimum atomic E-state index is -0.392. The van der Waals surface area contributed by atoms with Crippen LogP contribution in [0.15, 0.2) is 36.4 Å². The Morgan fingerprint density at radius 3 is 2.91 bits per heavy atom. The number of nitrogens with zero attached hydrogens (tertiary/aromatic N) is 3. The molecule has 7 nitrogen and oxygen atoms in total. The van der Waals surface area contributed by atoms with Gasteiger partial charge in [-0.3, -0.25) is 4.79 Å². The molecule has 32 heavy (non-hydrogen) atoms. The van der Waals surface area contributed by atoms with Crippen molar-refractivity contribution < 1.29 is 13.9 Å². The highest BCUT2D eigenvalue weighted by Gasteiger charge is 2.19. The third-order valence-electron chi connectivity index (χ3n) is 5.43. The van der Waals surface area contributed by atoms with Gasteiger partial charge in [0.1, 0.15) is 17.4 Å². The summed E-state index contributed by atoms with van der Waals surface area (Å²) in [5, 5.41) is 15.0. The molecule has 1 amide bonds. The summed E-state index contributed by atoms with van der Waals surface area (Å²) >= 11 is 6.03. The first-order chi connectivity index (χ1) is 15.5. The first kappa shape index (κ1) is 22.1. The molecule has 0 saturated heterocycles. The summed E-state index contributed by atoms with van der Waals surface area (Å²) in [5.74, 6) is 1.44. The highest BCUT2D eigenvalue weighted by atomic mass is 35.5. The number of hydrogen-bond acceptors (Lipinski definition) is 5. The SMILES string of the molecule is COc1ccc(Cl)cc1NCCC(=O)Nc1ccc(F)c(-c2nnc3n2CCCCC3)c1. The Morgan fingerprint density at radius 2 is 2.06 bits per heavy atom. The van der Waals surface area contributed by atoms with Crippen LogP contribution < -0.4 is 15.4 Å². The number of methoxy groups -OCH3 is 1. The number of rotatable bonds is 7. The van der Waals surface area contributed by atoms with Gasteiger partial charge in [-0.1, -0.05) is 18.0 Å². The lowest BCUT2D eigenvalue weighted by atomic mass is 10.1. The van der Waals surface area contributed by atoms with E-state index >= 15 is 0 Å². The minimum Gasteiger partial charge on any atom is -0.495 e. The van der Waals surface area contributed by atoms with Crippen molar-refractivity contribution in [1.29, 1.82) is 0 Å². The molecule has 2 aromatic carbocycles. The lowest BCUT2D eigenvalue weighted by Crippen LogP contribution is -2.16. The molecule has 4 rings (SSSR count). The molecule has 0 bridgehead atoms. The highest BCUT2D eigenvalue weighted by Crippen LogP contribution is 2.29. The van der Waals surface area contributed by atoms with Gasteiger partial charge in [-0.15, -0.1) is 10.2 Å². The average Bonchev–Trinajstić information content (AvgIpc) is 3.03. The molecular formula is C23H25ClFN5O2. The maximum absolute atomic E-state index is 14.6. The van der Waals surface area contributed by atoms with Gasteiger partial charge in [0.15, 0.2) is 5.82 Å². The normalized spacial score (nSPS) is 13.2. The standard InChI is InChI=1S/C23H25ClFN5O2/c1-32-20-9-6-15(24)13-19(20)26-11-10-22(31)27-16-7-8-18(25)17(14-16)23-29-28-21-5-3-2-4-12-30(21)23/h6-9,13-14,26H,2-5,10-12H2,1H3,(H,27,31). The average molecular weight is 458 g/mol. The second-order valence-electron chi connectivity index (χ2n) is 7.67. The van der Waals surface area contributed by atoms with Crippen LogP contribution in [0, 0.1) is 5.82 Å². The van der Waals surface area contributed by atoms with Crippen molar-refractivity contribution in [2.24, 2.45) is 0 Å². The topological polar surface area (TPSA) is 81.1 Å². The molecule has 0 radical (unpaired) electrons. The van der Waals surface area contributed by atoms with Crippen LogP contribution in [0.2, 0.25) is 5.02 Å². The Bertz CT molecular complexity index is 1120. The number of aromatic nitrogens is 3. The summed E-state index contributed by atoms with van der Waals surface area (Å²) in [5.41, 5.74) is 1.56. The number of hydrogen-bond donors (Lipinski definition) is 2. The molecule has 0 spiro atoms. The number of amides is 1. The quantitative estimate of drug-likeness (QED) is 0.526. The molecule has 2 heterocycles. The van der Waals surface area contributed by atoms with Crippen LogP contribution in [0.3, 0.4) is 0 Å². The Morgan fingerprint density at radius 1 is 1.19 bits per heavy atom. The van der Waals surface area contributed by atoms with E-state index in [4.69, 9.17) is 16.3 Å². The molecule has 0 unspecified atom stereocenters. The number of ether oxygens (including phenoxy) is 1. The maximum Gasteiger partial charge on any atom is 0.226 e. The second kappa shape index (κ2) is 9.99. The van der Waals surface area contributed by atoms with Crippen LogP contribution in [0.1, 0.15) is 31.5 Å². The van der Waals surface area contributed by atoms with Crippen LogP contribution in [0.5, 0.6) is 5.75 Å². The van der Waals surface area contributed by atoms with Crippen molar-refractivity contribution in [1.82, 2.24) is 14.8 Å². The van der Waals surface area contributed by atoms with Crippen LogP contribution in [0.25, 0.3) is 11.4 Å². The summed E-state index contributed by atoms with van der Waals surface area (Å²) in [4.78, 5) is 12.4. The van der Waals surface area contributed by atoms with Crippen molar-refractivity contribution in [3.8, 4) is 17.1 Å². The van der Waals surface area contributed by atoms with Gasteiger partial charge >= 0.3 is 0 Å². The fourth-order valence-electron chi connectivity index (χ4n) is 3.81. The predicted molar refractivity (Wildman–Crippen MR) is 123 cm³/mol. The van der Waals surface area contributed by atoms with E-state index in [1.807, 2.05) is 4.57 Å². The van der Waals surface area contributed by atoms with Gasteiger partial charge in [-0.25, -0.2) is 4.39 Å². The van der Waals surface area contributed by atoms with E-state index < -0.39 is 5.82 Å². The van der Waals surface area contributed by atoms with Gasteiger partial charge in [0.2, 0.25) is 5.91 Å². The minimum absolute atomic E-state index is 0.198. The van der Waals surface area contributed by atoms with E-state index in [-0.39, 0.29) is 12.3 Å². The van der Waals surface area contributed by atoms with Crippen molar-refractivity contribution in [3.63, 3.8) is 0 Å². The monoisotopic (exact) mass is 457 g/mol. The molecule has 1 aliphatic heterocycles. The Hall–Kier alpha value is -3.13. The lowest BCUT2D eigenvalue weighted by Gasteiger charge is -2.12. The third kappa shape index (κ3) is 5.02. The number of anilines is 2. The number of carbonyl (C=O) groups is 1. The smallest absolute Gasteiger partial charge is 0.226 e. The number of nitrogens with one attached hydrogen (secondary N) is 2. The van der Waals surface area contributed by atoms with Gasteiger partial charge in [0.25, 0.3) is 0 Å². The summed E-state index contributed by atoms with van der Waals surface area (Å²) in [6, 6.07) is 9.74. The molecule has 0 saturated carbocycles. The van der Waals surface area contributed by atoms with Gasteiger partial charge in [0, 0.05) is 36.6 Å². The Labute approximate surface area is 190 Å². The zero-order chi connectivity index (χ0) is 22.5. The Balaban J connectivity index is 1.42. The zero-order valence-electron chi connectivity index (χ0n) is 17.8. The number of carbonyl (C=O) groups excluding carboxylic acids is 1. The third-order valence-corrected chi connectivity index (χ3v) is 5.66. The van der Waals surface area contributed by atoms with Crippen molar-refractivity contribution in [3.05, 3.63) is 53.1 Å². The van der Waals surface area contributed by atoms with E-state index in [2.05, 4.69) is 20.8 Å². The fraction of sp³-hybridized carbons (Fsp3) is 0.348. The largest absolute Gasteiger partial charge is 0.495 e. The number of halogens is 2. The number of aryl methyl sites for hydroxylation is 1. The van der Waals surface area contributed by atoms with Crippen LogP contribution in [0.4, 0.5) is 15.8 Å². The summed E-state index contributed by atoms with van der Waals surface area (Å²) in [7, 11) is 1.57. The van der Waals surface area contributed by atoms with E-state index in [0.717, 1.165) is 38.1 Å². The summed E-state index contributed by atoms with van der Waals surface area (Å²) in [6.45, 7) is 1.15. The second-order valence-corrected chi connectivity index (χ2v) is 8.10. The summed E-state index contributed by atoms with van der Waals surface area (Å²) < 4.78 is 21.9. The molecule has 3 aromatic rings. The van der Waals surface area contributed by atoms with Crippen molar-refractivity contribution in [2.45, 2.75) is 38.6 Å². The zero-order valence-corrected chi connectivity index (χ0v) is 18.6. The van der Waals surface area contributed by atoms with Gasteiger partial charge in [-0.2, -0.15) is 0 Å². The maximum atomic E-state index is 14.6.